The van der Waals surface area contributed by atoms with Gasteiger partial charge in [-0.3, -0.25) is 9.36 Å². The van der Waals surface area contributed by atoms with Crippen LogP contribution in [0.25, 0.3) is 5.69 Å². The maximum absolute atomic E-state index is 13.1. The summed E-state index contributed by atoms with van der Waals surface area (Å²) in [5, 5.41) is 0. The van der Waals surface area contributed by atoms with Crippen LogP contribution in [0.2, 0.25) is 0 Å². The molecule has 23 heavy (non-hydrogen) atoms. The molecule has 1 aromatic heterocycles. The number of likely N-dealkylation sites (tertiary alicyclic amines) is 1. The first-order valence-electron chi connectivity index (χ1n) is 7.64. The normalized spacial score (nSPS) is 15.4. The largest absolute Gasteiger partial charge is 0.383 e. The van der Waals surface area contributed by atoms with E-state index in [2.05, 4.69) is 0 Å². The Kier molecular flexibility index (Phi) is 4.77. The quantitative estimate of drug-likeness (QED) is 0.832. The van der Waals surface area contributed by atoms with Gasteiger partial charge in [-0.25, -0.2) is 4.39 Å². The van der Waals surface area contributed by atoms with Gasteiger partial charge in [0, 0.05) is 18.8 Å². The van der Waals surface area contributed by atoms with Crippen molar-refractivity contribution >= 4 is 35.3 Å². The van der Waals surface area contributed by atoms with Gasteiger partial charge in [0.15, 0.2) is 3.95 Å². The van der Waals surface area contributed by atoms with Gasteiger partial charge in [-0.05, 0) is 49.3 Å². The molecule has 0 atom stereocenters. The number of carbonyl (C=O) groups excluding carboxylic acids is 1. The highest BCUT2D eigenvalue weighted by molar-refractivity contribution is 7.73. The average molecular weight is 351 g/mol. The van der Waals surface area contributed by atoms with Gasteiger partial charge in [0.05, 0.1) is 0 Å². The Labute approximate surface area is 143 Å². The summed E-state index contributed by atoms with van der Waals surface area (Å²) >= 11 is 6.58. The topological polar surface area (TPSA) is 51.3 Å². The lowest BCUT2D eigenvalue weighted by atomic mass is 10.2. The van der Waals surface area contributed by atoms with Crippen LogP contribution in [0.3, 0.4) is 0 Å². The second-order valence-electron chi connectivity index (χ2n) is 5.60. The van der Waals surface area contributed by atoms with E-state index in [1.165, 1.54) is 23.5 Å². The van der Waals surface area contributed by atoms with Gasteiger partial charge < -0.3 is 10.6 Å². The number of carbonyl (C=O) groups is 1. The molecule has 2 heterocycles. The van der Waals surface area contributed by atoms with E-state index in [9.17, 15) is 9.18 Å². The van der Waals surface area contributed by atoms with Crippen molar-refractivity contribution in [1.29, 1.82) is 0 Å². The van der Waals surface area contributed by atoms with Crippen molar-refractivity contribution in [3.8, 4) is 5.69 Å². The zero-order valence-electron chi connectivity index (χ0n) is 12.6. The molecule has 3 rings (SSSR count). The molecular weight excluding hydrogens is 333 g/mol. The van der Waals surface area contributed by atoms with E-state index in [0.29, 0.717) is 20.3 Å². The molecule has 4 nitrogen and oxygen atoms in total. The van der Waals surface area contributed by atoms with Gasteiger partial charge in [0.2, 0.25) is 0 Å². The number of thiazole rings is 1. The van der Waals surface area contributed by atoms with Crippen molar-refractivity contribution in [3.63, 3.8) is 0 Å². The predicted molar refractivity (Wildman–Crippen MR) is 93.2 cm³/mol. The molecule has 122 valence electrons. The first-order chi connectivity index (χ1) is 11.1. The number of hydrogen-bond donors (Lipinski definition) is 1. The Bertz CT molecular complexity index is 759. The fourth-order valence-electron chi connectivity index (χ4n) is 2.79. The van der Waals surface area contributed by atoms with Crippen LogP contribution in [0, 0.1) is 9.77 Å². The lowest BCUT2D eigenvalue weighted by Crippen LogP contribution is -2.31. The number of rotatable bonds is 2. The second kappa shape index (κ2) is 6.80. The van der Waals surface area contributed by atoms with Gasteiger partial charge in [0.1, 0.15) is 16.5 Å². The summed E-state index contributed by atoms with van der Waals surface area (Å²) < 4.78 is 15.2. The molecule has 0 unspecified atom stereocenters. The Morgan fingerprint density at radius 2 is 1.74 bits per heavy atom. The zero-order valence-corrected chi connectivity index (χ0v) is 14.3. The number of nitrogen functional groups attached to an aromatic ring is 1. The van der Waals surface area contributed by atoms with Crippen LogP contribution in [0.1, 0.15) is 35.4 Å². The molecule has 0 bridgehead atoms. The van der Waals surface area contributed by atoms with Crippen LogP contribution >= 0.6 is 23.6 Å². The fraction of sp³-hybridized carbons (Fsp3) is 0.375. The van der Waals surface area contributed by atoms with Gasteiger partial charge in [-0.15, -0.1) is 0 Å². The average Bonchev–Trinajstić information content (AvgIpc) is 2.74. The van der Waals surface area contributed by atoms with Crippen molar-refractivity contribution < 1.29 is 9.18 Å². The molecule has 1 fully saturated rings. The Hall–Kier alpha value is -1.73. The molecule has 7 heteroatoms. The standard InChI is InChI=1S/C16H18FN3OS2/c17-11-5-7-12(8-6-11)20-14(18)13(23-16(20)22)15(21)19-9-3-1-2-4-10-19/h5-8H,1-4,9-10,18H2. The molecule has 0 radical (unpaired) electrons. The van der Waals surface area contributed by atoms with E-state index in [-0.39, 0.29) is 11.7 Å². The highest BCUT2D eigenvalue weighted by Crippen LogP contribution is 2.28. The second-order valence-corrected chi connectivity index (χ2v) is 7.24. The number of nitrogens with zero attached hydrogens (tertiary/aromatic N) is 2. The number of nitrogens with two attached hydrogens (primary N) is 1. The minimum absolute atomic E-state index is 0.0543. The van der Waals surface area contributed by atoms with Crippen LogP contribution < -0.4 is 5.73 Å². The van der Waals surface area contributed by atoms with E-state index in [4.69, 9.17) is 18.0 Å². The first kappa shape index (κ1) is 16.1. The van der Waals surface area contributed by atoms with E-state index in [1.807, 2.05) is 4.90 Å². The van der Waals surface area contributed by atoms with E-state index in [0.717, 1.165) is 38.8 Å². The number of amides is 1. The molecule has 2 aromatic rings. The highest BCUT2D eigenvalue weighted by Gasteiger charge is 2.23. The molecule has 0 aliphatic carbocycles. The molecule has 1 aromatic carbocycles. The third kappa shape index (κ3) is 3.30. The maximum atomic E-state index is 13.1. The minimum atomic E-state index is -0.324. The van der Waals surface area contributed by atoms with Gasteiger partial charge in [-0.2, -0.15) is 0 Å². The lowest BCUT2D eigenvalue weighted by molar-refractivity contribution is 0.0767. The monoisotopic (exact) mass is 351 g/mol. The number of halogens is 1. The SMILES string of the molecule is Nc1c(C(=O)N2CCCCCC2)sc(=S)n1-c1ccc(F)cc1. The third-order valence-electron chi connectivity index (χ3n) is 4.02. The summed E-state index contributed by atoms with van der Waals surface area (Å²) in [5.41, 5.74) is 6.85. The van der Waals surface area contributed by atoms with Crippen molar-refractivity contribution in [2.45, 2.75) is 25.7 Å². The third-order valence-corrected chi connectivity index (χ3v) is 5.40. The number of hydrogen-bond acceptors (Lipinski definition) is 4. The number of aromatic nitrogens is 1. The summed E-state index contributed by atoms with van der Waals surface area (Å²) in [6.45, 7) is 1.53. The molecule has 1 saturated heterocycles. The molecule has 0 saturated carbocycles. The van der Waals surface area contributed by atoms with E-state index >= 15 is 0 Å². The maximum Gasteiger partial charge on any atom is 0.267 e. The lowest BCUT2D eigenvalue weighted by Gasteiger charge is -2.19. The molecule has 1 aliphatic rings. The number of anilines is 1. The first-order valence-corrected chi connectivity index (χ1v) is 8.87. The van der Waals surface area contributed by atoms with Gasteiger partial charge in [-0.1, -0.05) is 24.2 Å². The minimum Gasteiger partial charge on any atom is -0.383 e. The van der Waals surface area contributed by atoms with Crippen molar-refractivity contribution in [2.75, 3.05) is 18.8 Å². The Morgan fingerprint density at radius 1 is 1.13 bits per heavy atom. The van der Waals surface area contributed by atoms with Gasteiger partial charge >= 0.3 is 0 Å². The molecular formula is C16H18FN3OS2. The van der Waals surface area contributed by atoms with Crippen LogP contribution in [0.4, 0.5) is 10.2 Å². The molecule has 1 amide bonds. The summed E-state index contributed by atoms with van der Waals surface area (Å²) in [5.74, 6) is -0.0443. The van der Waals surface area contributed by atoms with Gasteiger partial charge in [0.25, 0.3) is 5.91 Å². The van der Waals surface area contributed by atoms with Crippen molar-refractivity contribution in [3.05, 3.63) is 38.9 Å². The fourth-order valence-corrected chi connectivity index (χ4v) is 4.13. The Balaban J connectivity index is 1.95. The van der Waals surface area contributed by atoms with Crippen LogP contribution in [-0.2, 0) is 0 Å². The zero-order chi connectivity index (χ0) is 16.4. The van der Waals surface area contributed by atoms with Crippen LogP contribution in [0.15, 0.2) is 24.3 Å². The number of benzene rings is 1. The van der Waals surface area contributed by atoms with E-state index < -0.39 is 0 Å². The molecule has 0 spiro atoms. The summed E-state index contributed by atoms with van der Waals surface area (Å²) in [6, 6.07) is 5.91. The summed E-state index contributed by atoms with van der Waals surface area (Å²) in [7, 11) is 0. The predicted octanol–water partition coefficient (Wildman–Crippen LogP) is 4.01. The summed E-state index contributed by atoms with van der Waals surface area (Å²) in [6.07, 6.45) is 4.36. The van der Waals surface area contributed by atoms with Crippen LogP contribution in [-0.4, -0.2) is 28.5 Å². The molecule has 1 aliphatic heterocycles. The van der Waals surface area contributed by atoms with E-state index in [1.54, 1.807) is 16.7 Å². The smallest absolute Gasteiger partial charge is 0.267 e. The van der Waals surface area contributed by atoms with Crippen LogP contribution in [0.5, 0.6) is 0 Å². The summed E-state index contributed by atoms with van der Waals surface area (Å²) in [4.78, 5) is 15.1. The molecule has 2 N–H and O–H groups in total. The van der Waals surface area contributed by atoms with Crippen molar-refractivity contribution in [2.24, 2.45) is 0 Å². The van der Waals surface area contributed by atoms with Crippen molar-refractivity contribution in [1.82, 2.24) is 9.47 Å². The Morgan fingerprint density at radius 3 is 2.35 bits per heavy atom. The highest BCUT2D eigenvalue weighted by atomic mass is 32.1.